The van der Waals surface area contributed by atoms with Gasteiger partial charge in [0.15, 0.2) is 11.3 Å². The van der Waals surface area contributed by atoms with Gasteiger partial charge in [-0.1, -0.05) is 20.8 Å². The van der Waals surface area contributed by atoms with E-state index in [1.807, 2.05) is 19.9 Å². The van der Waals surface area contributed by atoms with Crippen LogP contribution in [0, 0.1) is 5.82 Å². The highest BCUT2D eigenvalue weighted by atomic mass is 19.1. The Balaban J connectivity index is 1.47. The van der Waals surface area contributed by atoms with Gasteiger partial charge < -0.3 is 14.2 Å². The predicted octanol–water partition coefficient (Wildman–Crippen LogP) is 5.03. The summed E-state index contributed by atoms with van der Waals surface area (Å²) in [6.45, 7) is 11.2. The lowest BCUT2D eigenvalue weighted by Crippen LogP contribution is -2.62. The highest BCUT2D eigenvalue weighted by Gasteiger charge is 2.40. The Bertz CT molecular complexity index is 1470. The minimum Gasteiger partial charge on any atom is -0.449 e. The standard InChI is InChI=1S/C28H30FN5O3/c1-27(2,3)19-14-21(17-6-8-18(29)9-7-17)31-22-15-23(37-24(19)22)26(36)34-13-12-33(16-28(34,4)5)25(35)20-10-11-30-32-20/h6-11,14-15H,12-13,16H2,1-5H3,(H,30,32). The summed E-state index contributed by atoms with van der Waals surface area (Å²) in [7, 11) is 0. The van der Waals surface area contributed by atoms with Crippen molar-refractivity contribution in [3.8, 4) is 11.3 Å². The number of nitrogens with zero attached hydrogens (tertiary/aromatic N) is 4. The van der Waals surface area contributed by atoms with E-state index in [0.717, 1.165) is 11.1 Å². The van der Waals surface area contributed by atoms with Crippen molar-refractivity contribution >= 4 is 22.9 Å². The topological polar surface area (TPSA) is 95.3 Å². The van der Waals surface area contributed by atoms with Gasteiger partial charge in [0.2, 0.25) is 0 Å². The van der Waals surface area contributed by atoms with Crippen LogP contribution in [-0.4, -0.2) is 62.0 Å². The summed E-state index contributed by atoms with van der Waals surface area (Å²) in [4.78, 5) is 34.7. The van der Waals surface area contributed by atoms with Crippen LogP contribution in [0.2, 0.25) is 0 Å². The van der Waals surface area contributed by atoms with E-state index in [-0.39, 0.29) is 28.8 Å². The molecule has 5 rings (SSSR count). The highest BCUT2D eigenvalue weighted by Crippen LogP contribution is 2.35. The molecule has 8 nitrogen and oxygen atoms in total. The SMILES string of the molecule is CC(C)(C)c1cc(-c2ccc(F)cc2)nc2cc(C(=O)N3CCN(C(=O)c4ccn[nH]4)CC3(C)C)oc12. The third-order valence-electron chi connectivity index (χ3n) is 6.80. The number of furan rings is 1. The zero-order chi connectivity index (χ0) is 26.5. The molecule has 1 saturated heterocycles. The Morgan fingerprint density at radius 1 is 1.05 bits per heavy atom. The van der Waals surface area contributed by atoms with Crippen molar-refractivity contribution in [1.29, 1.82) is 0 Å². The van der Waals surface area contributed by atoms with E-state index in [4.69, 9.17) is 9.40 Å². The molecular weight excluding hydrogens is 473 g/mol. The first-order valence-electron chi connectivity index (χ1n) is 12.3. The number of hydrogen-bond donors (Lipinski definition) is 1. The molecule has 0 unspecified atom stereocenters. The molecule has 0 spiro atoms. The van der Waals surface area contributed by atoms with Crippen LogP contribution < -0.4 is 0 Å². The monoisotopic (exact) mass is 503 g/mol. The minimum absolute atomic E-state index is 0.145. The molecule has 37 heavy (non-hydrogen) atoms. The second-order valence-electron chi connectivity index (χ2n) is 11.1. The van der Waals surface area contributed by atoms with Crippen LogP contribution in [0.5, 0.6) is 0 Å². The van der Waals surface area contributed by atoms with E-state index in [2.05, 4.69) is 31.0 Å². The fraction of sp³-hybridized carbons (Fsp3) is 0.357. The molecule has 1 aliphatic rings. The zero-order valence-corrected chi connectivity index (χ0v) is 21.6. The summed E-state index contributed by atoms with van der Waals surface area (Å²) >= 11 is 0. The second-order valence-corrected chi connectivity index (χ2v) is 11.1. The Hall–Kier alpha value is -4.01. The smallest absolute Gasteiger partial charge is 0.290 e. The maximum absolute atomic E-state index is 13.7. The Morgan fingerprint density at radius 2 is 1.78 bits per heavy atom. The number of nitrogens with one attached hydrogen (secondary N) is 1. The number of amides is 2. The molecule has 0 bridgehead atoms. The number of H-pyrrole nitrogens is 1. The minimum atomic E-state index is -0.621. The Labute approximate surface area is 214 Å². The summed E-state index contributed by atoms with van der Waals surface area (Å²) in [6.07, 6.45) is 1.54. The van der Waals surface area contributed by atoms with E-state index >= 15 is 0 Å². The molecular formula is C28H30FN5O3. The summed E-state index contributed by atoms with van der Waals surface area (Å²) in [6, 6.07) is 11.4. The molecule has 0 saturated carbocycles. The molecule has 0 aliphatic carbocycles. The number of benzene rings is 1. The van der Waals surface area contributed by atoms with Crippen molar-refractivity contribution < 1.29 is 18.4 Å². The average Bonchev–Trinajstić information content (AvgIpc) is 3.52. The number of carbonyl (C=O) groups is 2. The van der Waals surface area contributed by atoms with Crippen LogP contribution in [0.25, 0.3) is 22.4 Å². The van der Waals surface area contributed by atoms with Gasteiger partial charge in [0.05, 0.1) is 11.2 Å². The van der Waals surface area contributed by atoms with Crippen LogP contribution in [0.3, 0.4) is 0 Å². The number of fused-ring (bicyclic) bond motifs is 1. The first kappa shape index (κ1) is 24.7. The van der Waals surface area contributed by atoms with E-state index in [1.54, 1.807) is 40.3 Å². The zero-order valence-electron chi connectivity index (χ0n) is 21.6. The lowest BCUT2D eigenvalue weighted by Gasteiger charge is -2.46. The first-order chi connectivity index (χ1) is 17.4. The lowest BCUT2D eigenvalue weighted by atomic mass is 9.86. The number of carbonyl (C=O) groups excluding carboxylic acids is 2. The van der Waals surface area contributed by atoms with E-state index in [9.17, 15) is 14.0 Å². The fourth-order valence-corrected chi connectivity index (χ4v) is 4.84. The van der Waals surface area contributed by atoms with Gasteiger partial charge >= 0.3 is 0 Å². The van der Waals surface area contributed by atoms with Crippen molar-refractivity contribution in [3.05, 3.63) is 71.5 Å². The van der Waals surface area contributed by atoms with Crippen LogP contribution in [0.15, 0.2) is 53.1 Å². The van der Waals surface area contributed by atoms with Crippen LogP contribution in [0.1, 0.15) is 61.2 Å². The van der Waals surface area contributed by atoms with Crippen LogP contribution in [-0.2, 0) is 5.41 Å². The molecule has 1 aromatic carbocycles. The molecule has 9 heteroatoms. The number of halogens is 1. The van der Waals surface area contributed by atoms with Crippen molar-refractivity contribution in [3.63, 3.8) is 0 Å². The average molecular weight is 504 g/mol. The van der Waals surface area contributed by atoms with Crippen molar-refractivity contribution in [2.24, 2.45) is 0 Å². The largest absolute Gasteiger partial charge is 0.449 e. The van der Waals surface area contributed by atoms with Gasteiger partial charge in [-0.2, -0.15) is 5.10 Å². The quantitative estimate of drug-likeness (QED) is 0.423. The molecule has 3 aromatic heterocycles. The third-order valence-corrected chi connectivity index (χ3v) is 6.80. The number of piperazine rings is 1. The third kappa shape index (κ3) is 4.61. The molecule has 4 heterocycles. The number of pyridine rings is 1. The Kier molecular flexibility index (Phi) is 5.89. The van der Waals surface area contributed by atoms with Gasteiger partial charge in [-0.05, 0) is 55.7 Å². The van der Waals surface area contributed by atoms with E-state index in [0.29, 0.717) is 42.1 Å². The van der Waals surface area contributed by atoms with Gasteiger partial charge in [0, 0.05) is 43.0 Å². The van der Waals surface area contributed by atoms with Crippen LogP contribution in [0.4, 0.5) is 4.39 Å². The van der Waals surface area contributed by atoms with Crippen molar-refractivity contribution in [2.75, 3.05) is 19.6 Å². The number of rotatable bonds is 3. The molecule has 0 radical (unpaired) electrons. The van der Waals surface area contributed by atoms with Gasteiger partial charge in [-0.15, -0.1) is 0 Å². The van der Waals surface area contributed by atoms with Gasteiger partial charge in [-0.25, -0.2) is 9.37 Å². The van der Waals surface area contributed by atoms with Crippen molar-refractivity contribution in [2.45, 2.75) is 45.6 Å². The summed E-state index contributed by atoms with van der Waals surface area (Å²) in [5.74, 6) is -0.509. The van der Waals surface area contributed by atoms with Gasteiger partial charge in [0.1, 0.15) is 17.0 Å². The van der Waals surface area contributed by atoms with E-state index < -0.39 is 5.54 Å². The first-order valence-corrected chi connectivity index (χ1v) is 12.3. The van der Waals surface area contributed by atoms with Crippen molar-refractivity contribution in [1.82, 2.24) is 25.0 Å². The summed E-state index contributed by atoms with van der Waals surface area (Å²) < 4.78 is 19.7. The summed E-state index contributed by atoms with van der Waals surface area (Å²) in [5, 5.41) is 6.57. The number of aromatic nitrogens is 3. The van der Waals surface area contributed by atoms with Gasteiger partial charge in [-0.3, -0.25) is 14.7 Å². The molecule has 1 fully saturated rings. The number of hydrogen-bond acceptors (Lipinski definition) is 5. The predicted molar refractivity (Wildman–Crippen MR) is 138 cm³/mol. The molecule has 1 N–H and O–H groups in total. The maximum atomic E-state index is 13.7. The number of aromatic amines is 1. The molecule has 2 amide bonds. The molecule has 192 valence electrons. The molecule has 4 aromatic rings. The Morgan fingerprint density at radius 3 is 2.41 bits per heavy atom. The molecule has 0 atom stereocenters. The maximum Gasteiger partial charge on any atom is 0.290 e. The van der Waals surface area contributed by atoms with Crippen LogP contribution >= 0.6 is 0 Å². The highest BCUT2D eigenvalue weighted by molar-refractivity contribution is 5.97. The second kappa shape index (κ2) is 8.83. The lowest BCUT2D eigenvalue weighted by molar-refractivity contribution is 0.0148. The van der Waals surface area contributed by atoms with E-state index in [1.165, 1.54) is 12.1 Å². The fourth-order valence-electron chi connectivity index (χ4n) is 4.84. The normalized spacial score (nSPS) is 15.8. The van der Waals surface area contributed by atoms with Gasteiger partial charge in [0.25, 0.3) is 11.8 Å². The molecule has 1 aliphatic heterocycles. The summed E-state index contributed by atoms with van der Waals surface area (Å²) in [5.41, 5.74) is 3.02.